The zero-order valence-corrected chi connectivity index (χ0v) is 28.6. The van der Waals surface area contributed by atoms with Crippen LogP contribution >= 0.6 is 0 Å². The standard InChI is InChI=1S/C50H32N2/c1-50-40-24-10-8-19-34(40)36-21-13-28-44(47(36)50)51(45-30-33(31-15-4-2-5-16-31)29-39(48(45)50)32-17-6-3-7-18-32)42-26-14-27-43-46(42)38-23-12-22-37-35-20-9-11-25-41(35)52(43)49(37)38/h2-30H,1H3. The Morgan fingerprint density at radius 2 is 1.02 bits per heavy atom. The predicted molar refractivity (Wildman–Crippen MR) is 218 cm³/mol. The smallest absolute Gasteiger partial charge is 0.0621 e. The first kappa shape index (κ1) is 28.1. The Kier molecular flexibility index (Phi) is 5.40. The lowest BCUT2D eigenvalue weighted by Gasteiger charge is -2.44. The van der Waals surface area contributed by atoms with Gasteiger partial charge in [-0.25, -0.2) is 0 Å². The van der Waals surface area contributed by atoms with Gasteiger partial charge in [0.05, 0.1) is 33.6 Å². The van der Waals surface area contributed by atoms with Gasteiger partial charge >= 0.3 is 0 Å². The number of benzene rings is 8. The molecule has 0 amide bonds. The van der Waals surface area contributed by atoms with E-state index in [2.05, 4.69) is 192 Å². The van der Waals surface area contributed by atoms with E-state index in [4.69, 9.17) is 0 Å². The highest BCUT2D eigenvalue weighted by Gasteiger charge is 2.50. The molecule has 1 aliphatic heterocycles. The minimum atomic E-state index is -0.367. The molecule has 2 nitrogen and oxygen atoms in total. The fourth-order valence-electron chi connectivity index (χ4n) is 10.0. The summed E-state index contributed by atoms with van der Waals surface area (Å²) in [5.74, 6) is 0. The summed E-state index contributed by atoms with van der Waals surface area (Å²) in [6.45, 7) is 2.47. The van der Waals surface area contributed by atoms with Crippen molar-refractivity contribution in [1.29, 1.82) is 0 Å². The van der Waals surface area contributed by atoms with Gasteiger partial charge in [-0.15, -0.1) is 0 Å². The van der Waals surface area contributed by atoms with Gasteiger partial charge in [-0.3, -0.25) is 0 Å². The molecule has 2 aliphatic rings. The van der Waals surface area contributed by atoms with Crippen molar-refractivity contribution in [3.05, 3.63) is 193 Å². The summed E-state index contributed by atoms with van der Waals surface area (Å²) in [4.78, 5) is 2.60. The minimum Gasteiger partial charge on any atom is -0.309 e. The van der Waals surface area contributed by atoms with E-state index in [9.17, 15) is 0 Å². The van der Waals surface area contributed by atoms with Gasteiger partial charge in [-0.1, -0.05) is 140 Å². The molecule has 0 radical (unpaired) electrons. The number of fused-ring (bicyclic) bond motifs is 11. The minimum absolute atomic E-state index is 0.367. The molecule has 3 heterocycles. The Bertz CT molecular complexity index is 3080. The molecule has 0 spiro atoms. The number of para-hydroxylation sites is 2. The van der Waals surface area contributed by atoms with E-state index in [0.29, 0.717) is 0 Å². The zero-order chi connectivity index (χ0) is 34.1. The van der Waals surface area contributed by atoms with Gasteiger partial charge in [-0.05, 0) is 93.4 Å². The number of aromatic nitrogens is 1. The van der Waals surface area contributed by atoms with Crippen molar-refractivity contribution >= 4 is 55.2 Å². The van der Waals surface area contributed by atoms with Crippen LogP contribution in [0.5, 0.6) is 0 Å². The van der Waals surface area contributed by atoms with Crippen LogP contribution in [0.15, 0.2) is 176 Å². The van der Waals surface area contributed by atoms with E-state index >= 15 is 0 Å². The first-order valence-corrected chi connectivity index (χ1v) is 18.2. The number of nitrogens with zero attached hydrogens (tertiary/aromatic N) is 2. The third kappa shape index (κ3) is 3.40. The molecule has 52 heavy (non-hydrogen) atoms. The molecule has 0 saturated carbocycles. The molecule has 2 heteroatoms. The van der Waals surface area contributed by atoms with Gasteiger partial charge in [0.15, 0.2) is 0 Å². The Labute approximate surface area is 301 Å². The lowest BCUT2D eigenvalue weighted by molar-refractivity contribution is 0.704. The molecular weight excluding hydrogens is 629 g/mol. The van der Waals surface area contributed by atoms with E-state index in [-0.39, 0.29) is 5.41 Å². The van der Waals surface area contributed by atoms with Crippen molar-refractivity contribution < 1.29 is 0 Å². The summed E-state index contributed by atoms with van der Waals surface area (Å²) >= 11 is 0. The fourth-order valence-corrected chi connectivity index (χ4v) is 10.0. The third-order valence-electron chi connectivity index (χ3n) is 12.1. The van der Waals surface area contributed by atoms with Crippen LogP contribution < -0.4 is 4.90 Å². The van der Waals surface area contributed by atoms with Crippen LogP contribution in [-0.2, 0) is 5.41 Å². The Balaban J connectivity index is 1.28. The number of hydrogen-bond donors (Lipinski definition) is 0. The molecule has 1 aliphatic carbocycles. The highest BCUT2D eigenvalue weighted by molar-refractivity contribution is 6.26. The molecule has 12 rings (SSSR count). The Morgan fingerprint density at radius 1 is 0.404 bits per heavy atom. The Hall–Kier alpha value is -6.64. The molecule has 0 saturated heterocycles. The fraction of sp³-hybridized carbons (Fsp3) is 0.0400. The summed E-state index contributed by atoms with van der Waals surface area (Å²) in [5.41, 5.74) is 18.8. The van der Waals surface area contributed by atoms with Crippen LogP contribution in [0.2, 0.25) is 0 Å². The van der Waals surface area contributed by atoms with E-state index in [0.717, 1.165) is 0 Å². The summed E-state index contributed by atoms with van der Waals surface area (Å²) in [6.07, 6.45) is 0. The third-order valence-corrected chi connectivity index (χ3v) is 12.1. The van der Waals surface area contributed by atoms with Crippen molar-refractivity contribution in [2.24, 2.45) is 0 Å². The summed E-state index contributed by atoms with van der Waals surface area (Å²) in [7, 11) is 0. The van der Waals surface area contributed by atoms with Crippen LogP contribution in [0.3, 0.4) is 0 Å². The SMILES string of the molecule is CC12c3ccccc3-c3cccc(c31)N(c1cccc3c1c1cccc4c5ccccc5n3c41)c1cc(-c3ccccc3)cc(-c3ccccc3)c12. The zero-order valence-electron chi connectivity index (χ0n) is 28.6. The van der Waals surface area contributed by atoms with Gasteiger partial charge in [0.25, 0.3) is 0 Å². The van der Waals surface area contributed by atoms with Crippen LogP contribution in [0.1, 0.15) is 23.6 Å². The summed E-state index contributed by atoms with van der Waals surface area (Å²) in [6, 6.07) is 65.4. The van der Waals surface area contributed by atoms with Crippen molar-refractivity contribution in [2.75, 3.05) is 4.90 Å². The predicted octanol–water partition coefficient (Wildman–Crippen LogP) is 13.3. The number of hydrogen-bond acceptors (Lipinski definition) is 1. The van der Waals surface area contributed by atoms with Crippen LogP contribution in [0.4, 0.5) is 17.1 Å². The molecule has 1 atom stereocenters. The van der Waals surface area contributed by atoms with Crippen molar-refractivity contribution in [2.45, 2.75) is 12.3 Å². The van der Waals surface area contributed by atoms with E-state index in [1.54, 1.807) is 0 Å². The van der Waals surface area contributed by atoms with E-state index < -0.39 is 0 Å². The van der Waals surface area contributed by atoms with Crippen LogP contribution in [-0.4, -0.2) is 4.40 Å². The molecule has 0 fully saturated rings. The molecule has 10 aromatic rings. The topological polar surface area (TPSA) is 7.65 Å². The van der Waals surface area contributed by atoms with Crippen molar-refractivity contribution in [3.8, 4) is 33.4 Å². The van der Waals surface area contributed by atoms with Gasteiger partial charge < -0.3 is 9.30 Å². The van der Waals surface area contributed by atoms with Crippen LogP contribution in [0.25, 0.3) is 71.5 Å². The second-order valence-electron chi connectivity index (χ2n) is 14.6. The second-order valence-corrected chi connectivity index (χ2v) is 14.6. The number of anilines is 3. The molecular formula is C50H32N2. The second kappa shape index (κ2) is 9.99. The summed E-state index contributed by atoms with van der Waals surface area (Å²) < 4.78 is 2.49. The van der Waals surface area contributed by atoms with Gasteiger partial charge in [0.2, 0.25) is 0 Å². The van der Waals surface area contributed by atoms with Crippen molar-refractivity contribution in [1.82, 2.24) is 4.40 Å². The van der Waals surface area contributed by atoms with Crippen LogP contribution in [0, 0.1) is 0 Å². The highest BCUT2D eigenvalue weighted by atomic mass is 15.2. The first-order chi connectivity index (χ1) is 25.7. The van der Waals surface area contributed by atoms with Crippen molar-refractivity contribution in [3.63, 3.8) is 0 Å². The molecule has 0 N–H and O–H groups in total. The quantitative estimate of drug-likeness (QED) is 0.183. The normalized spacial score (nSPS) is 15.8. The molecule has 242 valence electrons. The summed E-state index contributed by atoms with van der Waals surface area (Å²) in [5, 5.41) is 5.17. The largest absolute Gasteiger partial charge is 0.309 e. The monoisotopic (exact) mass is 660 g/mol. The van der Waals surface area contributed by atoms with E-state index in [1.165, 1.54) is 105 Å². The average Bonchev–Trinajstić information content (AvgIpc) is 3.83. The average molecular weight is 661 g/mol. The highest BCUT2D eigenvalue weighted by Crippen LogP contribution is 2.65. The van der Waals surface area contributed by atoms with Gasteiger partial charge in [0.1, 0.15) is 0 Å². The lowest BCUT2D eigenvalue weighted by Crippen LogP contribution is -2.33. The Morgan fingerprint density at radius 3 is 1.88 bits per heavy atom. The van der Waals surface area contributed by atoms with Gasteiger partial charge in [-0.2, -0.15) is 0 Å². The maximum absolute atomic E-state index is 2.60. The molecule has 0 bridgehead atoms. The molecule has 2 aromatic heterocycles. The lowest BCUT2D eigenvalue weighted by atomic mass is 9.67. The maximum atomic E-state index is 2.60. The number of rotatable bonds is 3. The van der Waals surface area contributed by atoms with Gasteiger partial charge in [0, 0.05) is 27.0 Å². The first-order valence-electron chi connectivity index (χ1n) is 18.2. The molecule has 8 aromatic carbocycles. The molecule has 1 unspecified atom stereocenters. The van der Waals surface area contributed by atoms with E-state index in [1.807, 2.05) is 0 Å². The maximum Gasteiger partial charge on any atom is 0.0621 e.